The van der Waals surface area contributed by atoms with Crippen molar-refractivity contribution in [1.29, 1.82) is 0 Å². The van der Waals surface area contributed by atoms with Gasteiger partial charge in [-0.1, -0.05) is 48.9 Å². The number of hydrogen-bond donors (Lipinski definition) is 1. The zero-order valence-electron chi connectivity index (χ0n) is 15.0. The normalized spacial score (nSPS) is 14.4. The molecule has 0 saturated heterocycles. The van der Waals surface area contributed by atoms with E-state index in [0.29, 0.717) is 5.69 Å². The molecular weight excluding hydrogens is 360 g/mol. The van der Waals surface area contributed by atoms with Crippen molar-refractivity contribution in [3.63, 3.8) is 0 Å². The van der Waals surface area contributed by atoms with Gasteiger partial charge in [0, 0.05) is 24.2 Å². The molecule has 1 aromatic heterocycles. The lowest BCUT2D eigenvalue weighted by Crippen LogP contribution is -2.15. The molecule has 3 aromatic rings. The second kappa shape index (κ2) is 7.52. The van der Waals surface area contributed by atoms with Crippen molar-refractivity contribution in [2.45, 2.75) is 38.0 Å². The second-order valence-electron chi connectivity index (χ2n) is 6.83. The molecule has 1 aliphatic heterocycles. The highest BCUT2D eigenvalue weighted by Gasteiger charge is 2.17. The smallest absolute Gasteiger partial charge is 0.236 e. The minimum Gasteiger partial charge on any atom is -0.311 e. The van der Waals surface area contributed by atoms with Gasteiger partial charge in [0.05, 0.1) is 5.75 Å². The third kappa shape index (κ3) is 4.19. The summed E-state index contributed by atoms with van der Waals surface area (Å²) in [5.41, 5.74) is 2.16. The molecule has 140 valence electrons. The van der Waals surface area contributed by atoms with E-state index in [-0.39, 0.29) is 5.75 Å². The minimum atomic E-state index is -3.49. The summed E-state index contributed by atoms with van der Waals surface area (Å²) in [6, 6.07) is 16.5. The van der Waals surface area contributed by atoms with Crippen LogP contribution in [0.15, 0.2) is 54.6 Å². The number of fused-ring (bicyclic) bond motifs is 1. The van der Waals surface area contributed by atoms with Crippen LogP contribution in [0.4, 0.5) is 5.69 Å². The van der Waals surface area contributed by atoms with Gasteiger partial charge in [-0.05, 0) is 30.5 Å². The van der Waals surface area contributed by atoms with Gasteiger partial charge >= 0.3 is 0 Å². The molecule has 0 atom stereocenters. The Morgan fingerprint density at radius 3 is 2.67 bits per heavy atom. The van der Waals surface area contributed by atoms with Gasteiger partial charge in [-0.25, -0.2) is 8.42 Å². The number of benzene rings is 2. The molecule has 7 heteroatoms. The predicted octanol–water partition coefficient (Wildman–Crippen LogP) is 3.61. The Morgan fingerprint density at radius 1 is 0.963 bits per heavy atom. The molecule has 0 bridgehead atoms. The molecule has 6 nitrogen and oxygen atoms in total. The standard InChI is InChI=1S/C20H22N4O2S/c25-27(26,15-16-8-3-1-4-9-16)23-18-11-7-10-17(14-18)20-22-21-19-12-5-2-6-13-24(19)20/h1,3-4,7-11,14,23H,2,5-6,12-13,15H2. The summed E-state index contributed by atoms with van der Waals surface area (Å²) in [4.78, 5) is 0. The lowest BCUT2D eigenvalue weighted by atomic mass is 10.2. The highest BCUT2D eigenvalue weighted by Crippen LogP contribution is 2.25. The van der Waals surface area contributed by atoms with Crippen molar-refractivity contribution >= 4 is 15.7 Å². The Balaban J connectivity index is 1.57. The molecule has 2 aromatic carbocycles. The maximum absolute atomic E-state index is 12.5. The molecule has 0 radical (unpaired) electrons. The number of sulfonamides is 1. The fraction of sp³-hybridized carbons (Fsp3) is 0.300. The van der Waals surface area contributed by atoms with E-state index < -0.39 is 10.0 Å². The largest absolute Gasteiger partial charge is 0.311 e. The zero-order chi connectivity index (χ0) is 18.7. The van der Waals surface area contributed by atoms with E-state index in [0.717, 1.165) is 48.6 Å². The fourth-order valence-corrected chi connectivity index (χ4v) is 4.62. The Bertz CT molecular complexity index is 1030. The van der Waals surface area contributed by atoms with Gasteiger partial charge in [0.1, 0.15) is 5.82 Å². The van der Waals surface area contributed by atoms with Crippen molar-refractivity contribution in [3.05, 3.63) is 66.0 Å². The highest BCUT2D eigenvalue weighted by atomic mass is 32.2. The van der Waals surface area contributed by atoms with Crippen LogP contribution in [-0.2, 0) is 28.7 Å². The first kappa shape index (κ1) is 17.7. The number of hydrogen-bond acceptors (Lipinski definition) is 4. The first-order valence-electron chi connectivity index (χ1n) is 9.18. The minimum absolute atomic E-state index is 0.0571. The second-order valence-corrected chi connectivity index (χ2v) is 8.55. The Morgan fingerprint density at radius 2 is 1.81 bits per heavy atom. The summed E-state index contributed by atoms with van der Waals surface area (Å²) in [5, 5.41) is 8.68. The van der Waals surface area contributed by atoms with E-state index in [4.69, 9.17) is 0 Å². The molecule has 0 fully saturated rings. The van der Waals surface area contributed by atoms with E-state index in [1.54, 1.807) is 18.2 Å². The van der Waals surface area contributed by atoms with Gasteiger partial charge in [0.25, 0.3) is 0 Å². The van der Waals surface area contributed by atoms with Crippen LogP contribution in [0.25, 0.3) is 11.4 Å². The number of anilines is 1. The summed E-state index contributed by atoms with van der Waals surface area (Å²) in [7, 11) is -3.49. The summed E-state index contributed by atoms with van der Waals surface area (Å²) in [5.74, 6) is 1.76. The van der Waals surface area contributed by atoms with Crippen LogP contribution in [0.5, 0.6) is 0 Å². The van der Waals surface area contributed by atoms with Gasteiger partial charge in [0.15, 0.2) is 5.82 Å². The number of rotatable bonds is 5. The first-order valence-corrected chi connectivity index (χ1v) is 10.8. The van der Waals surface area contributed by atoms with E-state index in [1.807, 2.05) is 36.4 Å². The fourth-order valence-electron chi connectivity index (χ4n) is 3.43. The van der Waals surface area contributed by atoms with Crippen molar-refractivity contribution < 1.29 is 8.42 Å². The van der Waals surface area contributed by atoms with E-state index in [1.165, 1.54) is 6.42 Å². The third-order valence-corrected chi connectivity index (χ3v) is 5.96. The topological polar surface area (TPSA) is 76.9 Å². The van der Waals surface area contributed by atoms with Crippen molar-refractivity contribution in [2.75, 3.05) is 4.72 Å². The van der Waals surface area contributed by atoms with Gasteiger partial charge in [-0.15, -0.1) is 10.2 Å². The highest BCUT2D eigenvalue weighted by molar-refractivity contribution is 7.91. The molecule has 27 heavy (non-hydrogen) atoms. The molecule has 0 saturated carbocycles. The zero-order valence-corrected chi connectivity index (χ0v) is 15.8. The summed E-state index contributed by atoms with van der Waals surface area (Å²) in [6.45, 7) is 0.904. The third-order valence-electron chi connectivity index (χ3n) is 4.70. The van der Waals surface area contributed by atoms with Gasteiger partial charge in [-0.3, -0.25) is 4.72 Å². The number of aryl methyl sites for hydroxylation is 1. The lowest BCUT2D eigenvalue weighted by molar-refractivity contribution is 0.600. The number of aromatic nitrogens is 3. The monoisotopic (exact) mass is 382 g/mol. The van der Waals surface area contributed by atoms with E-state index >= 15 is 0 Å². The SMILES string of the molecule is O=S(=O)(Cc1ccccc1)Nc1cccc(-c2nnc3n2CCCCC3)c1. The maximum Gasteiger partial charge on any atom is 0.236 e. The van der Waals surface area contributed by atoms with E-state index in [9.17, 15) is 8.42 Å². The van der Waals surface area contributed by atoms with Gasteiger partial charge in [0.2, 0.25) is 10.0 Å². The van der Waals surface area contributed by atoms with Crippen molar-refractivity contribution in [3.8, 4) is 11.4 Å². The molecule has 0 unspecified atom stereocenters. The van der Waals surface area contributed by atoms with Crippen molar-refractivity contribution in [2.24, 2.45) is 0 Å². The van der Waals surface area contributed by atoms with Gasteiger partial charge < -0.3 is 4.57 Å². The van der Waals surface area contributed by atoms with Crippen LogP contribution in [-0.4, -0.2) is 23.2 Å². The Kier molecular flexibility index (Phi) is 4.94. The number of nitrogens with one attached hydrogen (secondary N) is 1. The maximum atomic E-state index is 12.5. The predicted molar refractivity (Wildman–Crippen MR) is 106 cm³/mol. The molecule has 1 aliphatic rings. The first-order chi connectivity index (χ1) is 13.1. The van der Waals surface area contributed by atoms with Crippen LogP contribution in [0.2, 0.25) is 0 Å². The molecule has 0 aliphatic carbocycles. The summed E-state index contributed by atoms with van der Waals surface area (Å²) in [6.07, 6.45) is 4.39. The molecule has 0 spiro atoms. The van der Waals surface area contributed by atoms with Crippen molar-refractivity contribution in [1.82, 2.24) is 14.8 Å². The lowest BCUT2D eigenvalue weighted by Gasteiger charge is -2.11. The van der Waals surface area contributed by atoms with Gasteiger partial charge in [-0.2, -0.15) is 0 Å². The molecular formula is C20H22N4O2S. The average molecular weight is 382 g/mol. The average Bonchev–Trinajstić information content (AvgIpc) is 2.90. The molecule has 4 rings (SSSR count). The van der Waals surface area contributed by atoms with Crippen LogP contribution < -0.4 is 4.72 Å². The van der Waals surface area contributed by atoms with Crippen LogP contribution >= 0.6 is 0 Å². The van der Waals surface area contributed by atoms with Crippen LogP contribution in [0.1, 0.15) is 30.7 Å². The summed E-state index contributed by atoms with van der Waals surface area (Å²) < 4.78 is 29.8. The van der Waals surface area contributed by atoms with E-state index in [2.05, 4.69) is 19.5 Å². The molecule has 2 heterocycles. The Labute approximate surface area is 159 Å². The molecule has 1 N–H and O–H groups in total. The molecule has 0 amide bonds. The summed E-state index contributed by atoms with van der Waals surface area (Å²) >= 11 is 0. The quantitative estimate of drug-likeness (QED) is 0.731. The van der Waals surface area contributed by atoms with Crippen LogP contribution in [0, 0.1) is 0 Å². The Hall–Kier alpha value is -2.67. The van der Waals surface area contributed by atoms with Crippen LogP contribution in [0.3, 0.4) is 0 Å². The number of nitrogens with zero attached hydrogens (tertiary/aromatic N) is 3.